The summed E-state index contributed by atoms with van der Waals surface area (Å²) in [5.74, 6) is 0. The smallest absolute Gasteiger partial charge is 0.410 e. The summed E-state index contributed by atoms with van der Waals surface area (Å²) in [5.41, 5.74) is 4.11. The van der Waals surface area contributed by atoms with Crippen molar-refractivity contribution in [2.24, 2.45) is 0 Å². The number of hydrogen-bond acceptors (Lipinski definition) is 7. The molecule has 1 aromatic heterocycles. The van der Waals surface area contributed by atoms with Gasteiger partial charge in [0.25, 0.3) is 0 Å². The molecule has 2 atom stereocenters. The summed E-state index contributed by atoms with van der Waals surface area (Å²) in [5, 5.41) is 16.0. The summed E-state index contributed by atoms with van der Waals surface area (Å²) >= 11 is 1.52. The number of rotatable bonds is 3. The maximum absolute atomic E-state index is 13.3. The zero-order valence-electron chi connectivity index (χ0n) is 22.7. The molecule has 1 fully saturated rings. The number of nitrogens with one attached hydrogen (secondary N) is 2. The molecule has 9 nitrogen and oxygen atoms in total. The van der Waals surface area contributed by atoms with Crippen molar-refractivity contribution in [3.8, 4) is 6.07 Å². The van der Waals surface area contributed by atoms with Crippen molar-refractivity contribution >= 4 is 34.5 Å². The Morgan fingerprint density at radius 3 is 2.50 bits per heavy atom. The fourth-order valence-electron chi connectivity index (χ4n) is 4.54. The summed E-state index contributed by atoms with van der Waals surface area (Å²) in [6, 6.07) is 13.3. The van der Waals surface area contributed by atoms with Crippen LogP contribution >= 0.6 is 11.8 Å². The van der Waals surface area contributed by atoms with E-state index in [-0.39, 0.29) is 18.2 Å². The number of pyridine rings is 1. The van der Waals surface area contributed by atoms with Gasteiger partial charge in [0.1, 0.15) is 5.60 Å². The van der Waals surface area contributed by atoms with Gasteiger partial charge in [-0.25, -0.2) is 9.59 Å². The SMILES string of the molecule is Cc1cc(C2=C(c3cccc(C#N)c3)NC(NC(=O)N3CCN(C(=O)OC(C)(C)C)C(C)C3)S2)cc(C)n1. The van der Waals surface area contributed by atoms with Crippen molar-refractivity contribution in [2.45, 2.75) is 58.7 Å². The highest BCUT2D eigenvalue weighted by Crippen LogP contribution is 2.42. The molecule has 2 unspecified atom stereocenters. The quantitative estimate of drug-likeness (QED) is 0.589. The molecule has 0 aliphatic carbocycles. The molecule has 1 saturated heterocycles. The molecular weight excluding hydrogens is 500 g/mol. The second kappa shape index (κ2) is 11.0. The van der Waals surface area contributed by atoms with E-state index in [1.54, 1.807) is 15.9 Å². The first-order chi connectivity index (χ1) is 17.9. The van der Waals surface area contributed by atoms with E-state index in [2.05, 4.69) is 21.7 Å². The lowest BCUT2D eigenvalue weighted by Gasteiger charge is -2.40. The molecule has 3 heterocycles. The van der Waals surface area contributed by atoms with Crippen molar-refractivity contribution < 1.29 is 14.3 Å². The van der Waals surface area contributed by atoms with E-state index < -0.39 is 11.1 Å². The third-order valence-corrected chi connectivity index (χ3v) is 7.31. The molecule has 2 aliphatic rings. The number of thioether (sulfide) groups is 1. The van der Waals surface area contributed by atoms with Gasteiger partial charge in [-0.05, 0) is 71.4 Å². The third kappa shape index (κ3) is 6.40. The molecule has 0 bridgehead atoms. The van der Waals surface area contributed by atoms with Crippen LogP contribution in [0.25, 0.3) is 10.6 Å². The predicted octanol–water partition coefficient (Wildman–Crippen LogP) is 4.67. The Kier molecular flexibility index (Phi) is 7.88. The van der Waals surface area contributed by atoms with Crippen LogP contribution in [0.5, 0.6) is 0 Å². The number of carbonyl (C=O) groups is 2. The second-order valence-corrected chi connectivity index (χ2v) is 11.7. The third-order valence-electron chi connectivity index (χ3n) is 6.16. The number of amides is 3. The first-order valence-corrected chi connectivity index (χ1v) is 13.5. The summed E-state index contributed by atoms with van der Waals surface area (Å²) in [7, 11) is 0. The molecule has 1 aromatic carbocycles. The molecule has 0 radical (unpaired) electrons. The lowest BCUT2D eigenvalue weighted by atomic mass is 10.1. The van der Waals surface area contributed by atoms with Gasteiger partial charge in [-0.3, -0.25) is 4.98 Å². The van der Waals surface area contributed by atoms with Crippen LogP contribution in [0.2, 0.25) is 0 Å². The average molecular weight is 535 g/mol. The number of benzene rings is 1. The topological polar surface area (TPSA) is 111 Å². The molecule has 2 N–H and O–H groups in total. The molecule has 0 saturated carbocycles. The van der Waals surface area contributed by atoms with Gasteiger partial charge in [0.15, 0.2) is 5.50 Å². The molecule has 4 rings (SSSR count). The van der Waals surface area contributed by atoms with E-state index in [1.165, 1.54) is 11.8 Å². The maximum atomic E-state index is 13.3. The van der Waals surface area contributed by atoms with Gasteiger partial charge in [-0.2, -0.15) is 5.26 Å². The highest BCUT2D eigenvalue weighted by Gasteiger charge is 2.34. The Balaban J connectivity index is 1.49. The molecule has 2 aliphatic heterocycles. The maximum Gasteiger partial charge on any atom is 0.410 e. The highest BCUT2D eigenvalue weighted by atomic mass is 32.2. The van der Waals surface area contributed by atoms with Gasteiger partial charge in [0.05, 0.1) is 17.3 Å². The minimum atomic E-state index is -0.572. The van der Waals surface area contributed by atoms with Crippen molar-refractivity contribution in [3.63, 3.8) is 0 Å². The first kappa shape index (κ1) is 27.3. The molecule has 2 aromatic rings. The number of aryl methyl sites for hydroxylation is 2. The Hall–Kier alpha value is -3.71. The van der Waals surface area contributed by atoms with Gasteiger partial charge in [0.2, 0.25) is 0 Å². The Morgan fingerprint density at radius 1 is 1.16 bits per heavy atom. The number of nitrogens with zero attached hydrogens (tertiary/aromatic N) is 4. The normalized spacial score (nSPS) is 19.6. The molecule has 10 heteroatoms. The number of piperazine rings is 1. The van der Waals surface area contributed by atoms with Gasteiger partial charge >= 0.3 is 12.1 Å². The molecule has 38 heavy (non-hydrogen) atoms. The predicted molar refractivity (Wildman–Crippen MR) is 149 cm³/mol. The minimum absolute atomic E-state index is 0.172. The first-order valence-electron chi connectivity index (χ1n) is 12.6. The lowest BCUT2D eigenvalue weighted by Crippen LogP contribution is -2.59. The zero-order chi connectivity index (χ0) is 27.6. The van der Waals surface area contributed by atoms with E-state index in [0.717, 1.165) is 33.1 Å². The summed E-state index contributed by atoms with van der Waals surface area (Å²) in [6.45, 7) is 12.6. The highest BCUT2D eigenvalue weighted by molar-refractivity contribution is 8.09. The van der Waals surface area contributed by atoms with Crippen molar-refractivity contribution in [1.29, 1.82) is 5.26 Å². The van der Waals surface area contributed by atoms with Crippen LogP contribution in [0.3, 0.4) is 0 Å². The van der Waals surface area contributed by atoms with E-state index in [0.29, 0.717) is 25.2 Å². The Bertz CT molecular complexity index is 1290. The lowest BCUT2D eigenvalue weighted by molar-refractivity contribution is 0.00529. The number of urea groups is 1. The number of hydrogen-bond donors (Lipinski definition) is 2. The largest absolute Gasteiger partial charge is 0.444 e. The standard InChI is InChI=1S/C28H34N6O3S/c1-17-12-22(13-18(2)30-17)24-23(21-9-7-8-20(14-21)15-29)31-25(38-24)32-26(35)33-10-11-34(19(3)16-33)27(36)37-28(4,5)6/h7-9,12-14,19,25,31H,10-11,16H2,1-6H3,(H,32,35). The minimum Gasteiger partial charge on any atom is -0.444 e. The fraction of sp³-hybridized carbons (Fsp3) is 0.429. The van der Waals surface area contributed by atoms with Crippen molar-refractivity contribution in [2.75, 3.05) is 19.6 Å². The average Bonchev–Trinajstić information content (AvgIpc) is 3.26. The summed E-state index contributed by atoms with van der Waals surface area (Å²) in [4.78, 5) is 34.7. The van der Waals surface area contributed by atoms with Crippen LogP contribution in [-0.2, 0) is 4.74 Å². The van der Waals surface area contributed by atoms with E-state index in [4.69, 9.17) is 4.74 Å². The van der Waals surface area contributed by atoms with E-state index >= 15 is 0 Å². The van der Waals surface area contributed by atoms with Crippen LogP contribution in [0.15, 0.2) is 36.4 Å². The van der Waals surface area contributed by atoms with E-state index in [9.17, 15) is 14.9 Å². The van der Waals surface area contributed by atoms with Gasteiger partial charge in [-0.1, -0.05) is 23.9 Å². The summed E-state index contributed by atoms with van der Waals surface area (Å²) in [6.07, 6.45) is -0.362. The van der Waals surface area contributed by atoms with Crippen LogP contribution in [0, 0.1) is 25.2 Å². The molecule has 200 valence electrons. The van der Waals surface area contributed by atoms with Gasteiger partial charge < -0.3 is 25.2 Å². The molecular formula is C28H34N6O3S. The van der Waals surface area contributed by atoms with E-state index in [1.807, 2.05) is 71.9 Å². The number of carbonyl (C=O) groups excluding carboxylic acids is 2. The van der Waals surface area contributed by atoms with Crippen LogP contribution in [0.1, 0.15) is 55.8 Å². The zero-order valence-corrected chi connectivity index (χ0v) is 23.5. The van der Waals surface area contributed by atoms with Crippen LogP contribution in [0.4, 0.5) is 9.59 Å². The monoisotopic (exact) mass is 534 g/mol. The van der Waals surface area contributed by atoms with Crippen molar-refractivity contribution in [3.05, 3.63) is 64.5 Å². The second-order valence-electron chi connectivity index (χ2n) is 10.6. The molecule has 0 spiro atoms. The molecule has 3 amide bonds. The number of ether oxygens (including phenoxy) is 1. The van der Waals surface area contributed by atoms with Gasteiger partial charge in [-0.15, -0.1) is 0 Å². The number of nitriles is 1. The van der Waals surface area contributed by atoms with Crippen molar-refractivity contribution in [1.82, 2.24) is 25.4 Å². The Morgan fingerprint density at radius 2 is 1.87 bits per heavy atom. The summed E-state index contributed by atoms with van der Waals surface area (Å²) < 4.78 is 5.52. The van der Waals surface area contributed by atoms with Gasteiger partial charge in [0, 0.05) is 47.5 Å². The number of aromatic nitrogens is 1. The van der Waals surface area contributed by atoms with Crippen LogP contribution < -0.4 is 10.6 Å². The fourth-order valence-corrected chi connectivity index (χ4v) is 5.66. The van der Waals surface area contributed by atoms with Crippen LogP contribution in [-0.4, -0.2) is 63.7 Å². The Labute approximate surface area is 228 Å².